The highest BCUT2D eigenvalue weighted by molar-refractivity contribution is 5.34. The first-order chi connectivity index (χ1) is 9.28. The molecule has 0 aromatic rings. The molecule has 116 valence electrons. The van der Waals surface area contributed by atoms with Crippen LogP contribution in [0, 0.1) is 23.2 Å². The van der Waals surface area contributed by atoms with Gasteiger partial charge in [0, 0.05) is 6.04 Å². The number of hydrogen-bond donors (Lipinski definition) is 0. The predicted molar refractivity (Wildman–Crippen MR) is 88.9 cm³/mol. The second kappa shape index (κ2) is 5.83. The lowest BCUT2D eigenvalue weighted by Gasteiger charge is -2.44. The molecule has 1 spiro atoms. The lowest BCUT2D eigenvalue weighted by molar-refractivity contribution is 0.0966. The average Bonchev–Trinajstić information content (AvgIpc) is 2.62. The monoisotopic (exact) mass is 277 g/mol. The van der Waals surface area contributed by atoms with Crippen molar-refractivity contribution >= 4 is 0 Å². The van der Waals surface area contributed by atoms with Crippen molar-refractivity contribution in [1.82, 2.24) is 4.90 Å². The van der Waals surface area contributed by atoms with E-state index in [1.807, 2.05) is 5.57 Å². The number of hydrogen-bond acceptors (Lipinski definition) is 1. The molecule has 1 saturated heterocycles. The van der Waals surface area contributed by atoms with Crippen molar-refractivity contribution in [2.75, 3.05) is 13.1 Å². The maximum absolute atomic E-state index is 2.67. The Kier molecular flexibility index (Phi) is 4.69. The van der Waals surface area contributed by atoms with Crippen molar-refractivity contribution in [3.8, 4) is 0 Å². The van der Waals surface area contributed by atoms with Gasteiger partial charge < -0.3 is 4.90 Å². The summed E-state index contributed by atoms with van der Waals surface area (Å²) >= 11 is 0. The van der Waals surface area contributed by atoms with Crippen molar-refractivity contribution in [1.29, 1.82) is 0 Å². The molecule has 1 heteroatoms. The van der Waals surface area contributed by atoms with Crippen LogP contribution in [0.4, 0.5) is 0 Å². The minimum atomic E-state index is 0.540. The van der Waals surface area contributed by atoms with Crippen LogP contribution < -0.4 is 0 Å². The SMILES string of the molecule is CC(C)C1=C(C(C)C)C2(CCN(C(C)C)CC2)C[C@H]1C. The van der Waals surface area contributed by atoms with Gasteiger partial charge >= 0.3 is 0 Å². The quantitative estimate of drug-likeness (QED) is 0.647. The predicted octanol–water partition coefficient (Wildman–Crippen LogP) is 5.13. The molecule has 1 aliphatic heterocycles. The van der Waals surface area contributed by atoms with E-state index in [1.54, 1.807) is 5.57 Å². The van der Waals surface area contributed by atoms with Crippen LogP contribution in [0.2, 0.25) is 0 Å². The number of rotatable bonds is 3. The van der Waals surface area contributed by atoms with E-state index in [0.29, 0.717) is 11.5 Å². The highest BCUT2D eigenvalue weighted by atomic mass is 15.2. The average molecular weight is 277 g/mol. The largest absolute Gasteiger partial charge is 0.301 e. The van der Waals surface area contributed by atoms with Crippen LogP contribution in [-0.2, 0) is 0 Å². The van der Waals surface area contributed by atoms with Crippen molar-refractivity contribution in [2.24, 2.45) is 23.2 Å². The maximum atomic E-state index is 2.67. The molecule has 0 saturated carbocycles. The van der Waals surface area contributed by atoms with E-state index >= 15 is 0 Å². The van der Waals surface area contributed by atoms with E-state index in [4.69, 9.17) is 0 Å². The smallest absolute Gasteiger partial charge is 0.00386 e. The van der Waals surface area contributed by atoms with E-state index in [2.05, 4.69) is 53.4 Å². The molecular weight excluding hydrogens is 242 g/mol. The number of likely N-dealkylation sites (tertiary alicyclic amines) is 1. The fraction of sp³-hybridized carbons (Fsp3) is 0.895. The zero-order valence-electron chi connectivity index (χ0n) is 14.8. The molecule has 2 aliphatic rings. The Bertz CT molecular complexity index is 367. The zero-order valence-corrected chi connectivity index (χ0v) is 14.8. The van der Waals surface area contributed by atoms with Crippen molar-refractivity contribution in [3.63, 3.8) is 0 Å². The first kappa shape index (κ1) is 16.1. The fourth-order valence-electron chi connectivity index (χ4n) is 5.15. The summed E-state index contributed by atoms with van der Waals surface area (Å²) in [6.45, 7) is 19.4. The third kappa shape index (κ3) is 2.71. The molecule has 0 aromatic carbocycles. The van der Waals surface area contributed by atoms with Gasteiger partial charge in [-0.05, 0) is 69.4 Å². The Morgan fingerprint density at radius 1 is 0.950 bits per heavy atom. The summed E-state index contributed by atoms with van der Waals surface area (Å²) in [6, 6.07) is 0.710. The van der Waals surface area contributed by atoms with Crippen molar-refractivity contribution in [2.45, 2.75) is 73.8 Å². The summed E-state index contributed by atoms with van der Waals surface area (Å²) in [4.78, 5) is 2.67. The minimum Gasteiger partial charge on any atom is -0.301 e. The van der Waals surface area contributed by atoms with E-state index in [-0.39, 0.29) is 0 Å². The Morgan fingerprint density at radius 3 is 1.90 bits per heavy atom. The molecule has 0 radical (unpaired) electrons. The Labute approximate surface area is 126 Å². The molecule has 1 nitrogen and oxygen atoms in total. The Hall–Kier alpha value is -0.300. The van der Waals surface area contributed by atoms with Gasteiger partial charge in [0.1, 0.15) is 0 Å². The fourth-order valence-corrected chi connectivity index (χ4v) is 5.15. The lowest BCUT2D eigenvalue weighted by atomic mass is 9.69. The maximum Gasteiger partial charge on any atom is 0.00386 e. The van der Waals surface area contributed by atoms with Crippen molar-refractivity contribution in [3.05, 3.63) is 11.1 Å². The number of allylic oxidation sites excluding steroid dienone is 2. The van der Waals surface area contributed by atoms with Gasteiger partial charge in [-0.1, -0.05) is 45.8 Å². The number of piperidine rings is 1. The highest BCUT2D eigenvalue weighted by Gasteiger charge is 2.46. The van der Waals surface area contributed by atoms with Gasteiger partial charge in [0.25, 0.3) is 0 Å². The second-order valence-corrected chi connectivity index (χ2v) is 8.19. The van der Waals surface area contributed by atoms with Crippen LogP contribution in [0.5, 0.6) is 0 Å². The molecule has 0 aromatic heterocycles. The summed E-state index contributed by atoms with van der Waals surface area (Å²) in [5.74, 6) is 2.26. The van der Waals surface area contributed by atoms with Crippen LogP contribution >= 0.6 is 0 Å². The first-order valence-electron chi connectivity index (χ1n) is 8.77. The van der Waals surface area contributed by atoms with Crippen molar-refractivity contribution < 1.29 is 0 Å². The van der Waals surface area contributed by atoms with Gasteiger partial charge in [0.15, 0.2) is 0 Å². The molecule has 1 heterocycles. The molecule has 0 bridgehead atoms. The van der Waals surface area contributed by atoms with Crippen LogP contribution in [-0.4, -0.2) is 24.0 Å². The molecule has 1 atom stereocenters. The summed E-state index contributed by atoms with van der Waals surface area (Å²) in [7, 11) is 0. The van der Waals surface area contributed by atoms with E-state index in [0.717, 1.165) is 17.8 Å². The topological polar surface area (TPSA) is 3.24 Å². The Balaban J connectivity index is 2.29. The summed E-state index contributed by atoms with van der Waals surface area (Å²) < 4.78 is 0. The van der Waals surface area contributed by atoms with Crippen LogP contribution in [0.15, 0.2) is 11.1 Å². The van der Waals surface area contributed by atoms with Gasteiger partial charge in [0.05, 0.1) is 0 Å². The van der Waals surface area contributed by atoms with Gasteiger partial charge in [-0.15, -0.1) is 0 Å². The summed E-state index contributed by atoms with van der Waals surface area (Å²) in [5.41, 5.74) is 4.19. The van der Waals surface area contributed by atoms with E-state index in [9.17, 15) is 0 Å². The van der Waals surface area contributed by atoms with E-state index in [1.165, 1.54) is 32.4 Å². The summed E-state index contributed by atoms with van der Waals surface area (Å²) in [5, 5.41) is 0. The standard InChI is InChI=1S/C19H35N/c1-13(2)17-16(7)12-19(18(17)14(3)4)8-10-20(11-9-19)15(5)6/h13-16H,8-12H2,1-7H3/t16-/m1/s1. The third-order valence-electron chi connectivity index (χ3n) is 5.79. The van der Waals surface area contributed by atoms with Crippen LogP contribution in [0.3, 0.4) is 0 Å². The zero-order chi connectivity index (χ0) is 15.1. The van der Waals surface area contributed by atoms with Gasteiger partial charge in [-0.25, -0.2) is 0 Å². The second-order valence-electron chi connectivity index (χ2n) is 8.19. The number of nitrogens with zero attached hydrogens (tertiary/aromatic N) is 1. The molecule has 0 N–H and O–H groups in total. The van der Waals surface area contributed by atoms with Gasteiger partial charge in [-0.2, -0.15) is 0 Å². The molecule has 2 rings (SSSR count). The van der Waals surface area contributed by atoms with E-state index < -0.39 is 0 Å². The normalized spacial score (nSPS) is 27.6. The molecule has 1 fully saturated rings. The van der Waals surface area contributed by atoms with Gasteiger partial charge in [-0.3, -0.25) is 0 Å². The molecule has 1 aliphatic carbocycles. The first-order valence-corrected chi connectivity index (χ1v) is 8.77. The van der Waals surface area contributed by atoms with Crippen LogP contribution in [0.1, 0.15) is 67.7 Å². The molecule has 0 amide bonds. The molecular formula is C19H35N. The Morgan fingerprint density at radius 2 is 1.50 bits per heavy atom. The lowest BCUT2D eigenvalue weighted by Crippen LogP contribution is -2.44. The highest BCUT2D eigenvalue weighted by Crippen LogP contribution is 2.56. The van der Waals surface area contributed by atoms with Crippen LogP contribution in [0.25, 0.3) is 0 Å². The third-order valence-corrected chi connectivity index (χ3v) is 5.79. The summed E-state index contributed by atoms with van der Waals surface area (Å²) in [6.07, 6.45) is 4.19. The van der Waals surface area contributed by atoms with Gasteiger partial charge in [0.2, 0.25) is 0 Å². The minimum absolute atomic E-state index is 0.540. The molecule has 20 heavy (non-hydrogen) atoms. The molecule has 0 unspecified atom stereocenters.